The Morgan fingerprint density at radius 1 is 1.39 bits per heavy atom. The van der Waals surface area contributed by atoms with Crippen molar-refractivity contribution in [1.29, 1.82) is 0 Å². The fourth-order valence-electron chi connectivity index (χ4n) is 1.52. The van der Waals surface area contributed by atoms with Gasteiger partial charge in [-0.25, -0.2) is 4.98 Å². The molecule has 18 heavy (non-hydrogen) atoms. The van der Waals surface area contributed by atoms with E-state index in [1.807, 2.05) is 18.2 Å². The molecule has 0 fully saturated rings. The molecule has 1 atom stereocenters. The lowest BCUT2D eigenvalue weighted by molar-refractivity contribution is 0.274. The van der Waals surface area contributed by atoms with Gasteiger partial charge in [-0.05, 0) is 29.5 Å². The van der Waals surface area contributed by atoms with E-state index in [4.69, 9.17) is 11.6 Å². The van der Waals surface area contributed by atoms with Gasteiger partial charge in [-0.2, -0.15) is 0 Å². The van der Waals surface area contributed by atoms with Crippen LogP contribution in [-0.2, 0) is 0 Å². The van der Waals surface area contributed by atoms with Gasteiger partial charge in [0, 0.05) is 11.6 Å². The number of anilines is 1. The molecule has 0 spiro atoms. The molecule has 1 unspecified atom stereocenters. The maximum Gasteiger partial charge on any atom is 0.183 e. The average molecular weight is 283 g/mol. The molecule has 4 heteroatoms. The Morgan fingerprint density at radius 3 is 2.78 bits per heavy atom. The molecular weight excluding hydrogens is 264 g/mol. The van der Waals surface area contributed by atoms with Gasteiger partial charge in [-0.1, -0.05) is 50.6 Å². The SMILES string of the molecule is CC(CNc1nc2cc(Cl)ccc2s1)C(C)(C)C. The maximum absolute atomic E-state index is 5.96. The molecule has 0 radical (unpaired) electrons. The van der Waals surface area contributed by atoms with Crippen LogP contribution < -0.4 is 5.32 Å². The first-order valence-corrected chi connectivity index (χ1v) is 7.35. The van der Waals surface area contributed by atoms with E-state index in [0.29, 0.717) is 11.3 Å². The lowest BCUT2D eigenvalue weighted by Gasteiger charge is -2.27. The van der Waals surface area contributed by atoms with Crippen molar-refractivity contribution >= 4 is 38.3 Å². The fraction of sp³-hybridized carbons (Fsp3) is 0.500. The summed E-state index contributed by atoms with van der Waals surface area (Å²) in [7, 11) is 0. The van der Waals surface area contributed by atoms with Crippen LogP contribution in [0.25, 0.3) is 10.2 Å². The molecule has 0 saturated heterocycles. The second-order valence-electron chi connectivity index (χ2n) is 5.78. The van der Waals surface area contributed by atoms with Crippen molar-refractivity contribution in [2.45, 2.75) is 27.7 Å². The van der Waals surface area contributed by atoms with Gasteiger partial charge in [0.25, 0.3) is 0 Å². The number of nitrogens with zero attached hydrogens (tertiary/aromatic N) is 1. The summed E-state index contributed by atoms with van der Waals surface area (Å²) in [6.07, 6.45) is 0. The highest BCUT2D eigenvalue weighted by atomic mass is 35.5. The van der Waals surface area contributed by atoms with E-state index in [2.05, 4.69) is 38.0 Å². The van der Waals surface area contributed by atoms with Crippen molar-refractivity contribution < 1.29 is 0 Å². The van der Waals surface area contributed by atoms with Crippen LogP contribution in [0.4, 0.5) is 5.13 Å². The van der Waals surface area contributed by atoms with Gasteiger partial charge in [0.05, 0.1) is 10.2 Å². The minimum absolute atomic E-state index is 0.312. The van der Waals surface area contributed by atoms with E-state index in [9.17, 15) is 0 Å². The highest BCUT2D eigenvalue weighted by Crippen LogP contribution is 2.30. The van der Waals surface area contributed by atoms with E-state index in [0.717, 1.165) is 22.2 Å². The van der Waals surface area contributed by atoms with Crippen LogP contribution >= 0.6 is 22.9 Å². The molecule has 0 saturated carbocycles. The van der Waals surface area contributed by atoms with E-state index < -0.39 is 0 Å². The van der Waals surface area contributed by atoms with E-state index in [1.54, 1.807) is 11.3 Å². The fourth-order valence-corrected chi connectivity index (χ4v) is 2.54. The van der Waals surface area contributed by atoms with Crippen LogP contribution in [0.3, 0.4) is 0 Å². The van der Waals surface area contributed by atoms with Crippen molar-refractivity contribution in [1.82, 2.24) is 4.98 Å². The molecule has 0 aliphatic rings. The zero-order chi connectivity index (χ0) is 13.3. The van der Waals surface area contributed by atoms with Crippen LogP contribution in [0, 0.1) is 11.3 Å². The minimum Gasteiger partial charge on any atom is -0.361 e. The van der Waals surface area contributed by atoms with Crippen LogP contribution in [-0.4, -0.2) is 11.5 Å². The van der Waals surface area contributed by atoms with Gasteiger partial charge in [-0.15, -0.1) is 0 Å². The smallest absolute Gasteiger partial charge is 0.183 e. The Bertz CT molecular complexity index is 542. The highest BCUT2D eigenvalue weighted by molar-refractivity contribution is 7.22. The van der Waals surface area contributed by atoms with Gasteiger partial charge < -0.3 is 5.32 Å². The van der Waals surface area contributed by atoms with Gasteiger partial charge in [0.15, 0.2) is 5.13 Å². The Hall–Kier alpha value is -0.800. The predicted octanol–water partition coefficient (Wildman–Crippen LogP) is 5.04. The van der Waals surface area contributed by atoms with Crippen LogP contribution in [0.2, 0.25) is 5.02 Å². The molecule has 2 nitrogen and oxygen atoms in total. The highest BCUT2D eigenvalue weighted by Gasteiger charge is 2.19. The third kappa shape index (κ3) is 3.15. The molecule has 1 N–H and O–H groups in total. The summed E-state index contributed by atoms with van der Waals surface area (Å²) >= 11 is 7.64. The van der Waals surface area contributed by atoms with Gasteiger partial charge in [-0.3, -0.25) is 0 Å². The lowest BCUT2D eigenvalue weighted by Crippen LogP contribution is -2.24. The molecule has 0 amide bonds. The third-order valence-electron chi connectivity index (χ3n) is 3.39. The van der Waals surface area contributed by atoms with E-state index >= 15 is 0 Å². The molecule has 1 aromatic heterocycles. The summed E-state index contributed by atoms with van der Waals surface area (Å²) in [5.41, 5.74) is 1.28. The van der Waals surface area contributed by atoms with Crippen LogP contribution in [0.15, 0.2) is 18.2 Å². The van der Waals surface area contributed by atoms with E-state index in [1.165, 1.54) is 4.70 Å². The Labute approximate surface area is 117 Å². The largest absolute Gasteiger partial charge is 0.361 e. The molecule has 1 heterocycles. The monoisotopic (exact) mass is 282 g/mol. The summed E-state index contributed by atoms with van der Waals surface area (Å²) in [5, 5.41) is 5.14. The Balaban J connectivity index is 2.09. The number of fused-ring (bicyclic) bond motifs is 1. The quantitative estimate of drug-likeness (QED) is 0.853. The molecule has 2 rings (SSSR count). The Morgan fingerprint density at radius 2 is 2.11 bits per heavy atom. The molecule has 0 bridgehead atoms. The predicted molar refractivity (Wildman–Crippen MR) is 81.7 cm³/mol. The van der Waals surface area contributed by atoms with Gasteiger partial charge >= 0.3 is 0 Å². The Kier molecular flexibility index (Phi) is 3.83. The number of rotatable bonds is 3. The molecule has 1 aromatic carbocycles. The van der Waals surface area contributed by atoms with Crippen molar-refractivity contribution in [3.8, 4) is 0 Å². The zero-order valence-electron chi connectivity index (χ0n) is 11.2. The van der Waals surface area contributed by atoms with Gasteiger partial charge in [0.2, 0.25) is 0 Å². The first-order chi connectivity index (χ1) is 8.36. The van der Waals surface area contributed by atoms with Crippen molar-refractivity contribution in [2.75, 3.05) is 11.9 Å². The molecular formula is C14H19ClN2S. The standard InChI is InChI=1S/C14H19ClN2S/c1-9(14(2,3)4)8-16-13-17-11-7-10(15)5-6-12(11)18-13/h5-7,9H,8H2,1-4H3,(H,16,17). The van der Waals surface area contributed by atoms with Crippen LogP contribution in [0.5, 0.6) is 0 Å². The first-order valence-electron chi connectivity index (χ1n) is 6.16. The maximum atomic E-state index is 5.96. The average Bonchev–Trinajstić information content (AvgIpc) is 2.66. The van der Waals surface area contributed by atoms with Crippen molar-refractivity contribution in [3.05, 3.63) is 23.2 Å². The minimum atomic E-state index is 0.312. The molecule has 0 aliphatic carbocycles. The molecule has 98 valence electrons. The number of nitrogens with one attached hydrogen (secondary N) is 1. The molecule has 0 aliphatic heterocycles. The number of benzene rings is 1. The number of hydrogen-bond donors (Lipinski definition) is 1. The number of thiazole rings is 1. The number of hydrogen-bond acceptors (Lipinski definition) is 3. The number of aromatic nitrogens is 1. The third-order valence-corrected chi connectivity index (χ3v) is 4.62. The summed E-state index contributed by atoms with van der Waals surface area (Å²) in [6.45, 7) is 9.99. The second-order valence-corrected chi connectivity index (χ2v) is 7.25. The van der Waals surface area contributed by atoms with Gasteiger partial charge in [0.1, 0.15) is 0 Å². The molecule has 2 aromatic rings. The van der Waals surface area contributed by atoms with E-state index in [-0.39, 0.29) is 0 Å². The first kappa shape index (κ1) is 13.6. The summed E-state index contributed by atoms with van der Waals surface area (Å²) < 4.78 is 1.17. The normalized spacial score (nSPS) is 13.8. The number of halogens is 1. The zero-order valence-corrected chi connectivity index (χ0v) is 12.8. The summed E-state index contributed by atoms with van der Waals surface area (Å²) in [6, 6.07) is 5.84. The topological polar surface area (TPSA) is 24.9 Å². The second kappa shape index (κ2) is 5.06. The summed E-state index contributed by atoms with van der Waals surface area (Å²) in [4.78, 5) is 4.55. The van der Waals surface area contributed by atoms with Crippen molar-refractivity contribution in [3.63, 3.8) is 0 Å². The van der Waals surface area contributed by atoms with Crippen molar-refractivity contribution in [2.24, 2.45) is 11.3 Å². The van der Waals surface area contributed by atoms with Crippen LogP contribution in [0.1, 0.15) is 27.7 Å². The lowest BCUT2D eigenvalue weighted by atomic mass is 9.82. The summed E-state index contributed by atoms with van der Waals surface area (Å²) in [5.74, 6) is 0.591.